The minimum Gasteiger partial charge on any atom is -0.486 e. The van der Waals surface area contributed by atoms with Crippen molar-refractivity contribution in [2.45, 2.75) is 26.5 Å². The van der Waals surface area contributed by atoms with Crippen molar-refractivity contribution in [2.75, 3.05) is 5.73 Å². The average Bonchev–Trinajstić information content (AvgIpc) is 3.20. The molecule has 8 heteroatoms. The predicted molar refractivity (Wildman–Crippen MR) is 94.4 cm³/mol. The highest BCUT2D eigenvalue weighted by atomic mass is 32.1. The maximum Gasteiger partial charge on any atom is 0.287 e. The molecule has 25 heavy (non-hydrogen) atoms. The van der Waals surface area contributed by atoms with Gasteiger partial charge in [0.05, 0.1) is 6.04 Å². The molecule has 1 amide bonds. The number of aryl methyl sites for hydroxylation is 1. The summed E-state index contributed by atoms with van der Waals surface area (Å²) >= 11 is 1.24. The van der Waals surface area contributed by atoms with E-state index in [0.717, 1.165) is 11.3 Å². The van der Waals surface area contributed by atoms with Gasteiger partial charge in [-0.05, 0) is 32.0 Å². The monoisotopic (exact) mass is 358 g/mol. The summed E-state index contributed by atoms with van der Waals surface area (Å²) in [5.74, 6) is 1.27. The van der Waals surface area contributed by atoms with E-state index in [0.29, 0.717) is 15.9 Å². The molecule has 3 rings (SSSR count). The number of hydrogen-bond acceptors (Lipinski definition) is 7. The van der Waals surface area contributed by atoms with E-state index >= 15 is 0 Å². The highest BCUT2D eigenvalue weighted by molar-refractivity contribution is 7.15. The molecule has 3 aromatic rings. The Morgan fingerprint density at radius 2 is 2.12 bits per heavy atom. The molecule has 2 heterocycles. The van der Waals surface area contributed by atoms with Gasteiger partial charge in [0.1, 0.15) is 23.1 Å². The van der Waals surface area contributed by atoms with Gasteiger partial charge in [-0.2, -0.15) is 0 Å². The second-order valence-electron chi connectivity index (χ2n) is 5.50. The summed E-state index contributed by atoms with van der Waals surface area (Å²) in [4.78, 5) is 12.4. The number of nitrogen functional groups attached to an aromatic ring is 1. The van der Waals surface area contributed by atoms with Gasteiger partial charge in [-0.25, -0.2) is 0 Å². The number of nitrogens with two attached hydrogens (primary N) is 1. The summed E-state index contributed by atoms with van der Waals surface area (Å²) in [6.45, 7) is 3.88. The summed E-state index contributed by atoms with van der Waals surface area (Å²) in [5.41, 5.74) is 6.31. The van der Waals surface area contributed by atoms with Crippen molar-refractivity contribution in [3.05, 3.63) is 58.5 Å². The lowest BCUT2D eigenvalue weighted by Crippen LogP contribution is -2.26. The number of carbonyl (C=O) groups excluding carboxylic acids is 1. The van der Waals surface area contributed by atoms with Gasteiger partial charge in [-0.1, -0.05) is 29.5 Å². The van der Waals surface area contributed by atoms with E-state index in [1.54, 1.807) is 6.07 Å². The number of furan rings is 1. The first kappa shape index (κ1) is 17.0. The second kappa shape index (κ2) is 7.35. The van der Waals surface area contributed by atoms with Crippen molar-refractivity contribution in [1.82, 2.24) is 15.5 Å². The number of nitrogens with zero attached hydrogens (tertiary/aromatic N) is 2. The van der Waals surface area contributed by atoms with Gasteiger partial charge in [-0.15, -0.1) is 10.2 Å². The molecular weight excluding hydrogens is 340 g/mol. The molecule has 0 aliphatic heterocycles. The Morgan fingerprint density at radius 1 is 1.36 bits per heavy atom. The van der Waals surface area contributed by atoms with Gasteiger partial charge in [0.15, 0.2) is 5.76 Å². The van der Waals surface area contributed by atoms with Crippen LogP contribution in [0.5, 0.6) is 5.75 Å². The molecule has 1 unspecified atom stereocenters. The number of ether oxygens (including phenoxy) is 1. The fourth-order valence-corrected chi connectivity index (χ4v) is 2.87. The Labute approximate surface area is 148 Å². The van der Waals surface area contributed by atoms with Crippen molar-refractivity contribution in [3.8, 4) is 5.75 Å². The molecule has 3 N–H and O–H groups in total. The summed E-state index contributed by atoms with van der Waals surface area (Å²) < 4.78 is 11.3. The van der Waals surface area contributed by atoms with E-state index in [2.05, 4.69) is 15.5 Å². The summed E-state index contributed by atoms with van der Waals surface area (Å²) in [5, 5.41) is 11.5. The maximum absolute atomic E-state index is 12.4. The molecule has 0 aliphatic rings. The smallest absolute Gasteiger partial charge is 0.287 e. The van der Waals surface area contributed by atoms with E-state index in [1.165, 1.54) is 11.3 Å². The van der Waals surface area contributed by atoms with Gasteiger partial charge in [0.25, 0.3) is 5.91 Å². The zero-order valence-corrected chi connectivity index (χ0v) is 14.7. The molecule has 1 atom stereocenters. The van der Waals surface area contributed by atoms with Crippen molar-refractivity contribution in [3.63, 3.8) is 0 Å². The molecule has 0 radical (unpaired) electrons. The second-order valence-corrected chi connectivity index (χ2v) is 6.54. The number of rotatable bonds is 6. The number of para-hydroxylation sites is 1. The van der Waals surface area contributed by atoms with Crippen LogP contribution in [-0.4, -0.2) is 16.1 Å². The number of aromatic nitrogens is 2. The zero-order chi connectivity index (χ0) is 17.8. The average molecular weight is 358 g/mol. The SMILES string of the molecule is Cc1cc(COc2ccccc2)oc1C(=O)NC(C)c1nnc(N)s1. The van der Waals surface area contributed by atoms with E-state index in [9.17, 15) is 4.79 Å². The van der Waals surface area contributed by atoms with Crippen molar-refractivity contribution < 1.29 is 13.9 Å². The predicted octanol–water partition coefficient (Wildman–Crippen LogP) is 3.09. The Balaban J connectivity index is 1.64. The highest BCUT2D eigenvalue weighted by Gasteiger charge is 2.20. The summed E-state index contributed by atoms with van der Waals surface area (Å²) in [7, 11) is 0. The minimum absolute atomic E-state index is 0.251. The molecular formula is C17H18N4O3S. The quantitative estimate of drug-likeness (QED) is 0.702. The number of anilines is 1. The largest absolute Gasteiger partial charge is 0.486 e. The Kier molecular flexibility index (Phi) is 4.99. The lowest BCUT2D eigenvalue weighted by Gasteiger charge is -2.09. The van der Waals surface area contributed by atoms with Gasteiger partial charge >= 0.3 is 0 Å². The van der Waals surface area contributed by atoms with Crippen LogP contribution in [0.3, 0.4) is 0 Å². The Bertz CT molecular complexity index is 860. The molecule has 0 bridgehead atoms. The third kappa shape index (κ3) is 4.16. The van der Waals surface area contributed by atoms with Crippen LogP contribution in [0.4, 0.5) is 5.13 Å². The van der Waals surface area contributed by atoms with E-state index in [1.807, 2.05) is 44.2 Å². The number of benzene rings is 1. The van der Waals surface area contributed by atoms with Gasteiger partial charge in [-0.3, -0.25) is 4.79 Å². The standard InChI is InChI=1S/C17H18N4O3S/c1-10-8-13(9-23-12-6-4-3-5-7-12)24-14(10)15(22)19-11(2)16-20-21-17(18)25-16/h3-8,11H,9H2,1-2H3,(H2,18,21)(H,19,22). The lowest BCUT2D eigenvalue weighted by atomic mass is 10.2. The first-order chi connectivity index (χ1) is 12.0. The third-order valence-electron chi connectivity index (χ3n) is 3.47. The Hall–Kier alpha value is -2.87. The van der Waals surface area contributed by atoms with Crippen LogP contribution in [0.15, 0.2) is 40.8 Å². The van der Waals surface area contributed by atoms with Crippen LogP contribution in [0.25, 0.3) is 0 Å². The lowest BCUT2D eigenvalue weighted by molar-refractivity contribution is 0.0906. The van der Waals surface area contributed by atoms with Gasteiger partial charge in [0.2, 0.25) is 5.13 Å². The van der Waals surface area contributed by atoms with Crippen molar-refractivity contribution in [1.29, 1.82) is 0 Å². The maximum atomic E-state index is 12.4. The molecule has 0 spiro atoms. The number of carbonyl (C=O) groups is 1. The van der Waals surface area contributed by atoms with Crippen LogP contribution in [0.2, 0.25) is 0 Å². The molecule has 0 saturated heterocycles. The van der Waals surface area contributed by atoms with Crippen LogP contribution >= 0.6 is 11.3 Å². The van der Waals surface area contributed by atoms with Gasteiger partial charge in [0, 0.05) is 5.56 Å². The summed E-state index contributed by atoms with van der Waals surface area (Å²) in [6, 6.07) is 10.9. The highest BCUT2D eigenvalue weighted by Crippen LogP contribution is 2.21. The van der Waals surface area contributed by atoms with Crippen molar-refractivity contribution >= 4 is 22.4 Å². The molecule has 130 valence electrons. The first-order valence-corrected chi connectivity index (χ1v) is 8.51. The van der Waals surface area contributed by atoms with E-state index in [4.69, 9.17) is 14.9 Å². The minimum atomic E-state index is -0.315. The van der Waals surface area contributed by atoms with E-state index in [-0.39, 0.29) is 24.3 Å². The molecule has 0 fully saturated rings. The Morgan fingerprint density at radius 3 is 2.80 bits per heavy atom. The van der Waals surface area contributed by atoms with Crippen LogP contribution in [-0.2, 0) is 6.61 Å². The molecule has 0 aliphatic carbocycles. The fourth-order valence-electron chi connectivity index (χ4n) is 2.26. The molecule has 7 nitrogen and oxygen atoms in total. The topological polar surface area (TPSA) is 103 Å². The van der Waals surface area contributed by atoms with Crippen LogP contribution in [0.1, 0.15) is 39.9 Å². The molecule has 2 aromatic heterocycles. The normalized spacial score (nSPS) is 11.9. The summed E-state index contributed by atoms with van der Waals surface area (Å²) in [6.07, 6.45) is 0. The molecule has 0 saturated carbocycles. The van der Waals surface area contributed by atoms with Gasteiger partial charge < -0.3 is 20.2 Å². The first-order valence-electron chi connectivity index (χ1n) is 7.70. The molecule has 1 aromatic carbocycles. The zero-order valence-electron chi connectivity index (χ0n) is 13.9. The van der Waals surface area contributed by atoms with Crippen molar-refractivity contribution in [2.24, 2.45) is 0 Å². The number of nitrogens with one attached hydrogen (secondary N) is 1. The van der Waals surface area contributed by atoms with Crippen LogP contribution in [0, 0.1) is 6.92 Å². The van der Waals surface area contributed by atoms with E-state index < -0.39 is 0 Å². The van der Waals surface area contributed by atoms with Crippen LogP contribution < -0.4 is 15.8 Å². The number of hydrogen-bond donors (Lipinski definition) is 2. The number of amides is 1. The fraction of sp³-hybridized carbons (Fsp3) is 0.235. The third-order valence-corrected chi connectivity index (χ3v) is 4.41.